The standard InChI is InChI=1S/C21H21N3OS/c1-21(2,3)15-11-9-14(10-12-15)18-23-19(25)17(13-22)20(26)24(18)16-7-5-4-6-8-16/h4-12,18,26H,1-3H3,(H,23,25)/t18-/m1/s1. The molecule has 2 aromatic rings. The van der Waals surface area contributed by atoms with E-state index in [-0.39, 0.29) is 11.0 Å². The fraction of sp³-hybridized carbons (Fsp3) is 0.238. The molecule has 0 fully saturated rings. The third-order valence-electron chi connectivity index (χ3n) is 4.44. The van der Waals surface area contributed by atoms with E-state index in [1.807, 2.05) is 53.4 Å². The van der Waals surface area contributed by atoms with Gasteiger partial charge in [0.25, 0.3) is 5.91 Å². The highest BCUT2D eigenvalue weighted by molar-refractivity contribution is 7.84. The summed E-state index contributed by atoms with van der Waals surface area (Å²) in [5.41, 5.74) is 3.07. The molecule has 0 saturated carbocycles. The van der Waals surface area contributed by atoms with Crippen LogP contribution in [0, 0.1) is 11.3 Å². The number of hydrogen-bond acceptors (Lipinski definition) is 4. The predicted molar refractivity (Wildman–Crippen MR) is 107 cm³/mol. The van der Waals surface area contributed by atoms with Crippen molar-refractivity contribution in [3.8, 4) is 6.07 Å². The average molecular weight is 363 g/mol. The normalized spacial score (nSPS) is 17.7. The monoisotopic (exact) mass is 363 g/mol. The predicted octanol–water partition coefficient (Wildman–Crippen LogP) is 4.28. The van der Waals surface area contributed by atoms with Crippen LogP contribution in [0.1, 0.15) is 38.1 Å². The van der Waals surface area contributed by atoms with Gasteiger partial charge in [0.05, 0.1) is 5.03 Å². The van der Waals surface area contributed by atoms with Crippen LogP contribution in [0.2, 0.25) is 0 Å². The van der Waals surface area contributed by atoms with Crippen molar-refractivity contribution in [2.24, 2.45) is 0 Å². The van der Waals surface area contributed by atoms with E-state index in [0.29, 0.717) is 5.03 Å². The molecule has 0 unspecified atom stereocenters. The molecule has 26 heavy (non-hydrogen) atoms. The highest BCUT2D eigenvalue weighted by Crippen LogP contribution is 2.36. The molecule has 0 aliphatic carbocycles. The highest BCUT2D eigenvalue weighted by Gasteiger charge is 2.34. The van der Waals surface area contributed by atoms with Crippen molar-refractivity contribution in [3.63, 3.8) is 0 Å². The summed E-state index contributed by atoms with van der Waals surface area (Å²) in [6, 6.07) is 19.7. The minimum Gasteiger partial charge on any atom is -0.327 e. The summed E-state index contributed by atoms with van der Waals surface area (Å²) in [7, 11) is 0. The van der Waals surface area contributed by atoms with E-state index >= 15 is 0 Å². The van der Waals surface area contributed by atoms with Crippen LogP contribution in [-0.4, -0.2) is 5.91 Å². The Morgan fingerprint density at radius 1 is 1.08 bits per heavy atom. The van der Waals surface area contributed by atoms with Gasteiger partial charge in [0.15, 0.2) is 0 Å². The Morgan fingerprint density at radius 3 is 2.23 bits per heavy atom. The van der Waals surface area contributed by atoms with Crippen LogP contribution in [-0.2, 0) is 10.2 Å². The summed E-state index contributed by atoms with van der Waals surface area (Å²) in [6.45, 7) is 6.48. The Balaban J connectivity index is 2.09. The van der Waals surface area contributed by atoms with Crippen molar-refractivity contribution in [3.05, 3.63) is 76.3 Å². The zero-order valence-corrected chi connectivity index (χ0v) is 15.9. The molecule has 3 rings (SSSR count). The molecule has 2 aromatic carbocycles. The zero-order chi connectivity index (χ0) is 18.9. The first-order chi connectivity index (χ1) is 12.3. The van der Waals surface area contributed by atoms with Gasteiger partial charge in [-0.2, -0.15) is 5.26 Å². The third-order valence-corrected chi connectivity index (χ3v) is 4.88. The van der Waals surface area contributed by atoms with Crippen LogP contribution < -0.4 is 10.2 Å². The Kier molecular flexibility index (Phi) is 4.80. The maximum atomic E-state index is 12.4. The van der Waals surface area contributed by atoms with E-state index in [1.54, 1.807) is 0 Å². The summed E-state index contributed by atoms with van der Waals surface area (Å²) < 4.78 is 0. The van der Waals surface area contributed by atoms with Gasteiger partial charge in [0.1, 0.15) is 17.8 Å². The van der Waals surface area contributed by atoms with Gasteiger partial charge >= 0.3 is 0 Å². The largest absolute Gasteiger partial charge is 0.327 e. The summed E-state index contributed by atoms with van der Waals surface area (Å²) in [5.74, 6) is -0.408. The van der Waals surface area contributed by atoms with E-state index in [4.69, 9.17) is 0 Å². The molecule has 4 nitrogen and oxygen atoms in total. The van der Waals surface area contributed by atoms with Crippen molar-refractivity contribution in [1.82, 2.24) is 5.32 Å². The first kappa shape index (κ1) is 18.1. The second-order valence-corrected chi connectivity index (χ2v) is 7.69. The van der Waals surface area contributed by atoms with Crippen molar-refractivity contribution < 1.29 is 4.79 Å². The Labute approximate surface area is 159 Å². The van der Waals surface area contributed by atoms with Crippen LogP contribution in [0.5, 0.6) is 0 Å². The molecule has 0 radical (unpaired) electrons. The van der Waals surface area contributed by atoms with Crippen molar-refractivity contribution in [1.29, 1.82) is 5.26 Å². The lowest BCUT2D eigenvalue weighted by atomic mass is 9.86. The molecule has 0 aromatic heterocycles. The zero-order valence-electron chi connectivity index (χ0n) is 15.0. The van der Waals surface area contributed by atoms with Gasteiger partial charge in [0.2, 0.25) is 0 Å². The van der Waals surface area contributed by atoms with E-state index in [1.165, 1.54) is 5.56 Å². The number of nitrogens with zero attached hydrogens (tertiary/aromatic N) is 2. The molecular weight excluding hydrogens is 342 g/mol. The van der Waals surface area contributed by atoms with Crippen LogP contribution >= 0.6 is 12.6 Å². The maximum absolute atomic E-state index is 12.4. The SMILES string of the molecule is CC(C)(C)c1ccc([C@@H]2NC(=O)C(C#N)=C(S)N2c2ccccc2)cc1. The van der Waals surface area contributed by atoms with Gasteiger partial charge in [-0.25, -0.2) is 0 Å². The van der Waals surface area contributed by atoms with E-state index in [2.05, 4.69) is 50.8 Å². The number of thiol groups is 1. The van der Waals surface area contributed by atoms with E-state index in [0.717, 1.165) is 11.3 Å². The second kappa shape index (κ2) is 6.89. The highest BCUT2D eigenvalue weighted by atomic mass is 32.1. The Morgan fingerprint density at radius 2 is 1.69 bits per heavy atom. The minimum absolute atomic E-state index is 0.0137. The van der Waals surface area contributed by atoms with Gasteiger partial charge in [0, 0.05) is 5.69 Å². The molecule has 0 saturated heterocycles. The number of rotatable bonds is 2. The van der Waals surface area contributed by atoms with Gasteiger partial charge < -0.3 is 10.2 Å². The van der Waals surface area contributed by atoms with Crippen molar-refractivity contribution in [2.45, 2.75) is 32.4 Å². The average Bonchev–Trinajstić information content (AvgIpc) is 2.62. The smallest absolute Gasteiger partial charge is 0.266 e. The van der Waals surface area contributed by atoms with Crippen LogP contribution in [0.15, 0.2) is 65.2 Å². The third kappa shape index (κ3) is 3.33. The number of para-hydroxylation sites is 1. The maximum Gasteiger partial charge on any atom is 0.266 e. The van der Waals surface area contributed by atoms with Crippen molar-refractivity contribution >= 4 is 24.2 Å². The summed E-state index contributed by atoms with van der Waals surface area (Å²) in [5, 5.41) is 12.6. The van der Waals surface area contributed by atoms with E-state index in [9.17, 15) is 10.1 Å². The molecule has 1 aliphatic heterocycles. The first-order valence-electron chi connectivity index (χ1n) is 8.42. The quantitative estimate of drug-likeness (QED) is 0.783. The summed E-state index contributed by atoms with van der Waals surface area (Å²) in [4.78, 5) is 14.2. The molecular formula is C21H21N3OS. The molecule has 1 heterocycles. The molecule has 1 aliphatic rings. The lowest BCUT2D eigenvalue weighted by Gasteiger charge is -2.38. The number of amides is 1. The Bertz CT molecular complexity index is 890. The molecule has 1 amide bonds. The Hall–Kier alpha value is -2.71. The molecule has 0 bridgehead atoms. The van der Waals surface area contributed by atoms with Crippen LogP contribution in [0.4, 0.5) is 5.69 Å². The van der Waals surface area contributed by atoms with Gasteiger partial charge in [-0.15, -0.1) is 12.6 Å². The number of benzene rings is 2. The molecule has 1 atom stereocenters. The molecule has 132 valence electrons. The van der Waals surface area contributed by atoms with Gasteiger partial charge in [-0.3, -0.25) is 4.79 Å². The lowest BCUT2D eigenvalue weighted by molar-refractivity contribution is -0.118. The second-order valence-electron chi connectivity index (χ2n) is 7.26. The fourth-order valence-electron chi connectivity index (χ4n) is 2.96. The molecule has 5 heteroatoms. The fourth-order valence-corrected chi connectivity index (χ4v) is 3.35. The van der Waals surface area contributed by atoms with E-state index < -0.39 is 12.1 Å². The number of nitriles is 1. The van der Waals surface area contributed by atoms with Gasteiger partial charge in [-0.1, -0.05) is 63.2 Å². The number of nitrogens with one attached hydrogen (secondary N) is 1. The lowest BCUT2D eigenvalue weighted by Crippen LogP contribution is -2.46. The number of anilines is 1. The number of carbonyl (C=O) groups excluding carboxylic acids is 1. The molecule has 1 N–H and O–H groups in total. The van der Waals surface area contributed by atoms with Crippen LogP contribution in [0.25, 0.3) is 0 Å². The first-order valence-corrected chi connectivity index (χ1v) is 8.86. The topological polar surface area (TPSA) is 56.1 Å². The van der Waals surface area contributed by atoms with Gasteiger partial charge in [-0.05, 0) is 28.7 Å². The summed E-state index contributed by atoms with van der Waals surface area (Å²) in [6.07, 6.45) is -0.427. The summed E-state index contributed by atoms with van der Waals surface area (Å²) >= 11 is 4.50. The minimum atomic E-state index is -0.427. The number of carbonyl (C=O) groups is 1. The van der Waals surface area contributed by atoms with Crippen LogP contribution in [0.3, 0.4) is 0 Å². The van der Waals surface area contributed by atoms with Crippen molar-refractivity contribution in [2.75, 3.05) is 4.90 Å². The molecule has 0 spiro atoms. The number of hydrogen-bond donors (Lipinski definition) is 2.